The Balaban J connectivity index is 0.00000261. The molecule has 1 atom stereocenters. The molecule has 0 spiro atoms. The molecule has 2 aliphatic rings. The Kier molecular flexibility index (Phi) is 10.3. The van der Waals surface area contributed by atoms with Crippen molar-refractivity contribution in [2.45, 2.75) is 64.7 Å². The van der Waals surface area contributed by atoms with Crippen LogP contribution in [0.2, 0.25) is 0 Å². The number of halogens is 1. The Hall–Kier alpha value is -0.450. The van der Waals surface area contributed by atoms with Gasteiger partial charge in [0.05, 0.1) is 25.4 Å². The number of aliphatic imine (C=N–C) groups is 1. The zero-order valence-electron chi connectivity index (χ0n) is 16.5. The smallest absolute Gasteiger partial charge is 0.194 e. The highest BCUT2D eigenvalue weighted by atomic mass is 127. The number of thiazole rings is 1. The minimum absolute atomic E-state index is 0. The fraction of sp³-hybridized carbons (Fsp3) is 0.789. The van der Waals surface area contributed by atoms with Crippen LogP contribution in [0.25, 0.3) is 0 Å². The van der Waals surface area contributed by atoms with E-state index in [4.69, 9.17) is 14.5 Å². The number of aryl methyl sites for hydroxylation is 1. The third-order valence-corrected chi connectivity index (χ3v) is 6.06. The molecular formula is C19H33IN4O2S. The first-order chi connectivity index (χ1) is 12.8. The third kappa shape index (κ3) is 7.14. The zero-order chi connectivity index (χ0) is 18.2. The van der Waals surface area contributed by atoms with Crippen molar-refractivity contribution < 1.29 is 9.47 Å². The molecule has 154 valence electrons. The first-order valence-corrected chi connectivity index (χ1v) is 10.8. The number of rotatable bonds is 7. The summed E-state index contributed by atoms with van der Waals surface area (Å²) in [5, 5.41) is 4.52. The van der Waals surface area contributed by atoms with E-state index in [9.17, 15) is 0 Å². The number of piperidine rings is 1. The highest BCUT2D eigenvalue weighted by molar-refractivity contribution is 14.0. The van der Waals surface area contributed by atoms with Crippen LogP contribution < -0.4 is 5.32 Å². The van der Waals surface area contributed by atoms with Crippen LogP contribution in [0, 0.1) is 0 Å². The maximum absolute atomic E-state index is 6.08. The molecule has 3 heterocycles. The first kappa shape index (κ1) is 22.8. The predicted octanol–water partition coefficient (Wildman–Crippen LogP) is 3.45. The van der Waals surface area contributed by atoms with E-state index in [0.29, 0.717) is 18.8 Å². The molecule has 0 aromatic carbocycles. The number of likely N-dealkylation sites (tertiary alicyclic amines) is 1. The predicted molar refractivity (Wildman–Crippen MR) is 121 cm³/mol. The minimum Gasteiger partial charge on any atom is -0.376 e. The van der Waals surface area contributed by atoms with Gasteiger partial charge in [-0.05, 0) is 39.0 Å². The summed E-state index contributed by atoms with van der Waals surface area (Å²) in [6, 6.07) is 0. The van der Waals surface area contributed by atoms with Crippen molar-refractivity contribution in [2.24, 2.45) is 4.99 Å². The molecule has 1 aromatic heterocycles. The van der Waals surface area contributed by atoms with Gasteiger partial charge in [-0.2, -0.15) is 0 Å². The van der Waals surface area contributed by atoms with Gasteiger partial charge >= 0.3 is 0 Å². The molecule has 2 saturated heterocycles. The second-order valence-corrected chi connectivity index (χ2v) is 8.10. The van der Waals surface area contributed by atoms with E-state index >= 15 is 0 Å². The number of nitrogens with one attached hydrogen (secondary N) is 1. The van der Waals surface area contributed by atoms with Gasteiger partial charge in [0, 0.05) is 37.3 Å². The minimum atomic E-state index is 0. The number of aromatic nitrogens is 1. The number of nitrogens with zero attached hydrogens (tertiary/aromatic N) is 3. The van der Waals surface area contributed by atoms with Crippen LogP contribution in [0.3, 0.4) is 0 Å². The lowest BCUT2D eigenvalue weighted by Crippen LogP contribution is -2.47. The van der Waals surface area contributed by atoms with Crippen LogP contribution in [0.15, 0.2) is 11.2 Å². The van der Waals surface area contributed by atoms with E-state index in [1.807, 2.05) is 6.20 Å². The summed E-state index contributed by atoms with van der Waals surface area (Å²) in [4.78, 5) is 13.0. The maximum atomic E-state index is 6.08. The average Bonchev–Trinajstić information content (AvgIpc) is 3.35. The monoisotopic (exact) mass is 508 g/mol. The quantitative estimate of drug-likeness (QED) is 0.348. The molecule has 0 radical (unpaired) electrons. The van der Waals surface area contributed by atoms with Crippen LogP contribution in [0.4, 0.5) is 0 Å². The maximum Gasteiger partial charge on any atom is 0.194 e. The van der Waals surface area contributed by atoms with Crippen molar-refractivity contribution in [1.29, 1.82) is 0 Å². The normalized spacial score (nSPS) is 21.3. The second-order valence-electron chi connectivity index (χ2n) is 6.90. The van der Waals surface area contributed by atoms with E-state index in [0.717, 1.165) is 69.5 Å². The molecule has 2 aliphatic heterocycles. The Labute approximate surface area is 184 Å². The molecule has 1 N–H and O–H groups in total. The Morgan fingerprint density at radius 1 is 1.37 bits per heavy atom. The van der Waals surface area contributed by atoms with Crippen LogP contribution in [0.5, 0.6) is 0 Å². The molecule has 0 amide bonds. The van der Waals surface area contributed by atoms with Crippen molar-refractivity contribution >= 4 is 41.3 Å². The molecule has 0 saturated carbocycles. The molecule has 8 heteroatoms. The summed E-state index contributed by atoms with van der Waals surface area (Å²) in [7, 11) is 0. The molecule has 3 rings (SSSR count). The molecule has 0 aliphatic carbocycles. The Bertz CT molecular complexity index is 570. The standard InChI is InChI=1S/C19H32N4O2S.HI/c1-3-17-12-21-18(26-17)13-22-19(20-4-2)23-9-7-15(8-10-23)25-14-16-6-5-11-24-16;/h12,15-16H,3-11,13-14H2,1-2H3,(H,20,22);1H. The third-order valence-electron chi connectivity index (χ3n) is 4.93. The summed E-state index contributed by atoms with van der Waals surface area (Å²) < 4.78 is 11.7. The first-order valence-electron chi connectivity index (χ1n) is 9.98. The lowest BCUT2D eigenvalue weighted by molar-refractivity contribution is -0.0367. The fourth-order valence-corrected chi connectivity index (χ4v) is 4.19. The lowest BCUT2D eigenvalue weighted by atomic mass is 10.1. The van der Waals surface area contributed by atoms with E-state index in [1.165, 1.54) is 11.3 Å². The van der Waals surface area contributed by atoms with Gasteiger partial charge in [0.25, 0.3) is 0 Å². The van der Waals surface area contributed by atoms with Crippen molar-refractivity contribution in [2.75, 3.05) is 32.8 Å². The summed E-state index contributed by atoms with van der Waals surface area (Å²) in [6.07, 6.45) is 8.10. The van der Waals surface area contributed by atoms with Crippen molar-refractivity contribution in [3.8, 4) is 0 Å². The molecular weight excluding hydrogens is 475 g/mol. The van der Waals surface area contributed by atoms with Crippen LogP contribution in [-0.4, -0.2) is 60.9 Å². The van der Waals surface area contributed by atoms with Crippen molar-refractivity contribution in [3.63, 3.8) is 0 Å². The molecule has 27 heavy (non-hydrogen) atoms. The zero-order valence-corrected chi connectivity index (χ0v) is 19.6. The van der Waals surface area contributed by atoms with E-state index in [2.05, 4.69) is 29.0 Å². The second kappa shape index (κ2) is 12.2. The molecule has 0 bridgehead atoms. The van der Waals surface area contributed by atoms with Gasteiger partial charge in [-0.1, -0.05) is 6.92 Å². The largest absolute Gasteiger partial charge is 0.376 e. The Morgan fingerprint density at radius 2 is 2.19 bits per heavy atom. The van der Waals surface area contributed by atoms with Crippen molar-refractivity contribution in [3.05, 3.63) is 16.1 Å². The summed E-state index contributed by atoms with van der Waals surface area (Å²) in [5.74, 6) is 0.998. The lowest BCUT2D eigenvalue weighted by Gasteiger charge is -2.34. The average molecular weight is 508 g/mol. The molecule has 1 aromatic rings. The van der Waals surface area contributed by atoms with Gasteiger partial charge in [0.1, 0.15) is 5.01 Å². The van der Waals surface area contributed by atoms with Gasteiger partial charge in [-0.25, -0.2) is 9.98 Å². The topological polar surface area (TPSA) is 59.0 Å². The fourth-order valence-electron chi connectivity index (χ4n) is 3.41. The number of ether oxygens (including phenoxy) is 2. The number of hydrogen-bond acceptors (Lipinski definition) is 5. The van der Waals surface area contributed by atoms with Crippen LogP contribution in [-0.2, 0) is 22.4 Å². The molecule has 6 nitrogen and oxygen atoms in total. The van der Waals surface area contributed by atoms with Gasteiger partial charge in [0.2, 0.25) is 0 Å². The number of guanidine groups is 1. The van der Waals surface area contributed by atoms with E-state index < -0.39 is 0 Å². The summed E-state index contributed by atoms with van der Waals surface area (Å²) >= 11 is 1.76. The van der Waals surface area contributed by atoms with E-state index in [-0.39, 0.29) is 24.0 Å². The Morgan fingerprint density at radius 3 is 2.81 bits per heavy atom. The number of hydrogen-bond donors (Lipinski definition) is 1. The van der Waals surface area contributed by atoms with Gasteiger partial charge < -0.3 is 19.7 Å². The molecule has 2 fully saturated rings. The summed E-state index contributed by atoms with van der Waals surface area (Å²) in [5.41, 5.74) is 0. The molecule has 1 unspecified atom stereocenters. The highest BCUT2D eigenvalue weighted by Crippen LogP contribution is 2.18. The SMILES string of the molecule is CCNC(=NCc1ncc(CC)s1)N1CCC(OCC2CCCO2)CC1.I. The highest BCUT2D eigenvalue weighted by Gasteiger charge is 2.24. The summed E-state index contributed by atoms with van der Waals surface area (Å²) in [6.45, 7) is 9.44. The van der Waals surface area contributed by atoms with Crippen LogP contribution >= 0.6 is 35.3 Å². The van der Waals surface area contributed by atoms with Gasteiger partial charge in [0.15, 0.2) is 5.96 Å². The van der Waals surface area contributed by atoms with Gasteiger partial charge in [-0.15, -0.1) is 35.3 Å². The van der Waals surface area contributed by atoms with E-state index in [1.54, 1.807) is 11.3 Å². The van der Waals surface area contributed by atoms with Crippen molar-refractivity contribution in [1.82, 2.24) is 15.2 Å². The van der Waals surface area contributed by atoms with Gasteiger partial charge in [-0.3, -0.25) is 0 Å². The van der Waals surface area contributed by atoms with Crippen LogP contribution in [0.1, 0.15) is 49.4 Å².